The first kappa shape index (κ1) is 16.6. The lowest BCUT2D eigenvalue weighted by Gasteiger charge is -2.34. The first-order chi connectivity index (χ1) is 12.5. The van der Waals surface area contributed by atoms with Crippen LogP contribution in [0.5, 0.6) is 0 Å². The molecule has 0 aliphatic carbocycles. The normalized spacial score (nSPS) is 21.3. The van der Waals surface area contributed by atoms with Crippen LogP contribution < -0.4 is 5.32 Å². The van der Waals surface area contributed by atoms with E-state index in [1.807, 2.05) is 0 Å². The molecule has 1 atom stereocenters. The van der Waals surface area contributed by atoms with Gasteiger partial charge < -0.3 is 10.2 Å². The Hall–Kier alpha value is -2.81. The number of anilines is 1. The largest absolute Gasteiger partial charge is 0.342 e. The molecule has 1 fully saturated rings. The van der Waals surface area contributed by atoms with Gasteiger partial charge in [0.25, 0.3) is 15.9 Å². The molecule has 1 aromatic heterocycles. The first-order valence-corrected chi connectivity index (χ1v) is 9.75. The second-order valence-electron chi connectivity index (χ2n) is 6.25. The summed E-state index contributed by atoms with van der Waals surface area (Å²) < 4.78 is 28.8. The number of amides is 1. The van der Waals surface area contributed by atoms with Crippen LogP contribution in [-0.2, 0) is 10.0 Å². The molecule has 9 heteroatoms. The monoisotopic (exact) mass is 371 g/mol. The number of benzene rings is 1. The van der Waals surface area contributed by atoms with Crippen molar-refractivity contribution in [3.63, 3.8) is 0 Å². The highest BCUT2D eigenvalue weighted by molar-refractivity contribution is 7.90. The van der Waals surface area contributed by atoms with Gasteiger partial charge in [0.2, 0.25) is 0 Å². The number of hydrogen-bond acceptors (Lipinski definition) is 6. The third-order valence-corrected chi connectivity index (χ3v) is 5.87. The van der Waals surface area contributed by atoms with Crippen molar-refractivity contribution in [3.05, 3.63) is 48.5 Å². The van der Waals surface area contributed by atoms with Gasteiger partial charge in [-0.2, -0.15) is 8.42 Å². The van der Waals surface area contributed by atoms with Crippen molar-refractivity contribution in [1.82, 2.24) is 14.9 Å². The highest BCUT2D eigenvalue weighted by Crippen LogP contribution is 2.30. The molecule has 1 amide bonds. The summed E-state index contributed by atoms with van der Waals surface area (Å²) in [7, 11) is -3.73. The summed E-state index contributed by atoms with van der Waals surface area (Å²) in [5.41, 5.74) is 0.805. The summed E-state index contributed by atoms with van der Waals surface area (Å²) in [6, 6.07) is 6.69. The van der Waals surface area contributed by atoms with Crippen molar-refractivity contribution in [1.29, 1.82) is 0 Å². The lowest BCUT2D eigenvalue weighted by atomic mass is 9.96. The Bertz CT molecular complexity index is 975. The molecule has 1 aromatic carbocycles. The number of aromatic nitrogens is 2. The van der Waals surface area contributed by atoms with Crippen LogP contribution in [0, 0.1) is 5.92 Å². The third kappa shape index (κ3) is 3.05. The topological polar surface area (TPSA) is 105 Å². The molecule has 2 aliphatic rings. The minimum absolute atomic E-state index is 0.173. The van der Waals surface area contributed by atoms with E-state index >= 15 is 0 Å². The fourth-order valence-electron chi connectivity index (χ4n) is 3.27. The number of amidine groups is 1. The standard InChI is InChI=1S/C17H17N5O3S/c23-17(14-10-18-7-8-19-14)22-9-3-4-12(11-22)16-20-13-5-1-2-6-15(13)26(24,25)21-16/h1-2,5-8,10,12H,3-4,9,11H2,(H,20,21). The molecule has 1 saturated heterocycles. The molecule has 4 rings (SSSR count). The maximum atomic E-state index is 12.6. The number of nitrogens with zero attached hydrogens (tertiary/aromatic N) is 4. The molecule has 3 heterocycles. The molecule has 2 aromatic rings. The maximum absolute atomic E-state index is 12.6. The van der Waals surface area contributed by atoms with Gasteiger partial charge in [0.15, 0.2) is 0 Å². The van der Waals surface area contributed by atoms with Crippen molar-refractivity contribution in [3.8, 4) is 0 Å². The van der Waals surface area contributed by atoms with Crippen LogP contribution in [0.1, 0.15) is 23.3 Å². The number of para-hydroxylation sites is 1. The summed E-state index contributed by atoms with van der Waals surface area (Å²) in [6.07, 6.45) is 5.94. The summed E-state index contributed by atoms with van der Waals surface area (Å²) in [5, 5.41) is 3.13. The molecule has 134 valence electrons. The SMILES string of the molecule is O=C(c1cnccn1)N1CCCC(C2=NS(=O)(=O)c3ccccc3N2)C1. The van der Waals surface area contributed by atoms with Crippen LogP contribution in [0.4, 0.5) is 5.69 Å². The second kappa shape index (κ2) is 6.49. The molecule has 1 unspecified atom stereocenters. The minimum atomic E-state index is -3.73. The number of rotatable bonds is 2. The number of fused-ring (bicyclic) bond motifs is 1. The molecule has 8 nitrogen and oxygen atoms in total. The van der Waals surface area contributed by atoms with Gasteiger partial charge in [0.05, 0.1) is 11.9 Å². The van der Waals surface area contributed by atoms with Crippen LogP contribution in [0.2, 0.25) is 0 Å². The van der Waals surface area contributed by atoms with Gasteiger partial charge in [-0.1, -0.05) is 12.1 Å². The number of carbonyl (C=O) groups excluding carboxylic acids is 1. The van der Waals surface area contributed by atoms with Gasteiger partial charge in [0, 0.05) is 31.4 Å². The van der Waals surface area contributed by atoms with E-state index in [9.17, 15) is 13.2 Å². The fraction of sp³-hybridized carbons (Fsp3) is 0.294. The molecule has 0 saturated carbocycles. The van der Waals surface area contributed by atoms with E-state index in [-0.39, 0.29) is 22.4 Å². The first-order valence-electron chi connectivity index (χ1n) is 8.31. The van der Waals surface area contributed by atoms with Gasteiger partial charge in [-0.25, -0.2) is 4.98 Å². The van der Waals surface area contributed by atoms with Gasteiger partial charge in [-0.3, -0.25) is 9.78 Å². The van der Waals surface area contributed by atoms with Crippen LogP contribution in [0.25, 0.3) is 0 Å². The predicted molar refractivity (Wildman–Crippen MR) is 95.3 cm³/mol. The Morgan fingerprint density at radius 1 is 1.23 bits per heavy atom. The second-order valence-corrected chi connectivity index (χ2v) is 7.83. The van der Waals surface area contributed by atoms with Gasteiger partial charge in [-0.15, -0.1) is 4.40 Å². The Morgan fingerprint density at radius 2 is 2.08 bits per heavy atom. The summed E-state index contributed by atoms with van der Waals surface area (Å²) in [6.45, 7) is 0.988. The fourth-order valence-corrected chi connectivity index (χ4v) is 4.47. The number of nitrogens with one attached hydrogen (secondary N) is 1. The molecule has 26 heavy (non-hydrogen) atoms. The number of likely N-dealkylation sites (tertiary alicyclic amines) is 1. The molecule has 2 aliphatic heterocycles. The Labute approximate surface area is 151 Å². The van der Waals surface area contributed by atoms with E-state index in [0.717, 1.165) is 12.8 Å². The molecule has 0 radical (unpaired) electrons. The molecular formula is C17H17N5O3S. The molecular weight excluding hydrogens is 354 g/mol. The highest BCUT2D eigenvalue weighted by atomic mass is 32.2. The lowest BCUT2D eigenvalue weighted by Crippen LogP contribution is -2.44. The Balaban J connectivity index is 1.57. The summed E-state index contributed by atoms with van der Waals surface area (Å²) >= 11 is 0. The van der Waals surface area contributed by atoms with E-state index in [1.165, 1.54) is 24.7 Å². The smallest absolute Gasteiger partial charge is 0.286 e. The average Bonchev–Trinajstić information content (AvgIpc) is 2.68. The van der Waals surface area contributed by atoms with Crippen molar-refractivity contribution in [2.24, 2.45) is 10.3 Å². The Morgan fingerprint density at radius 3 is 2.88 bits per heavy atom. The Kier molecular flexibility index (Phi) is 4.15. The highest BCUT2D eigenvalue weighted by Gasteiger charge is 2.33. The van der Waals surface area contributed by atoms with Crippen LogP contribution in [0.3, 0.4) is 0 Å². The third-order valence-electron chi connectivity index (χ3n) is 4.52. The van der Waals surface area contributed by atoms with Gasteiger partial charge in [-0.05, 0) is 25.0 Å². The molecule has 1 N–H and O–H groups in total. The van der Waals surface area contributed by atoms with E-state index in [1.54, 1.807) is 23.1 Å². The van der Waals surface area contributed by atoms with Crippen molar-refractivity contribution >= 4 is 27.5 Å². The quantitative estimate of drug-likeness (QED) is 0.859. The summed E-state index contributed by atoms with van der Waals surface area (Å²) in [4.78, 5) is 22.4. The van der Waals surface area contributed by atoms with E-state index < -0.39 is 10.0 Å². The average molecular weight is 371 g/mol. The van der Waals surface area contributed by atoms with Crippen LogP contribution >= 0.6 is 0 Å². The van der Waals surface area contributed by atoms with Gasteiger partial charge >= 0.3 is 0 Å². The number of piperidine rings is 1. The predicted octanol–water partition coefficient (Wildman–Crippen LogP) is 1.54. The van der Waals surface area contributed by atoms with Crippen molar-refractivity contribution < 1.29 is 13.2 Å². The molecule has 0 bridgehead atoms. The number of sulfonamides is 1. The summed E-state index contributed by atoms with van der Waals surface area (Å²) in [5.74, 6) is 0.00955. The van der Waals surface area contributed by atoms with Crippen LogP contribution in [0.15, 0.2) is 52.1 Å². The maximum Gasteiger partial charge on any atom is 0.286 e. The van der Waals surface area contributed by atoms with Gasteiger partial charge in [0.1, 0.15) is 16.4 Å². The number of hydrogen-bond donors (Lipinski definition) is 1. The van der Waals surface area contributed by atoms with Crippen LogP contribution in [-0.4, -0.2) is 48.1 Å². The molecule has 0 spiro atoms. The van der Waals surface area contributed by atoms with E-state index in [2.05, 4.69) is 19.7 Å². The lowest BCUT2D eigenvalue weighted by molar-refractivity contribution is 0.0696. The van der Waals surface area contributed by atoms with E-state index in [0.29, 0.717) is 24.6 Å². The van der Waals surface area contributed by atoms with Crippen molar-refractivity contribution in [2.75, 3.05) is 18.4 Å². The van der Waals surface area contributed by atoms with Crippen molar-refractivity contribution in [2.45, 2.75) is 17.7 Å². The zero-order chi connectivity index (χ0) is 18.1. The zero-order valence-electron chi connectivity index (χ0n) is 13.9. The minimum Gasteiger partial charge on any atom is -0.342 e. The zero-order valence-corrected chi connectivity index (χ0v) is 14.7. The number of carbonyl (C=O) groups is 1. The van der Waals surface area contributed by atoms with E-state index in [4.69, 9.17) is 0 Å².